The fourth-order valence-corrected chi connectivity index (χ4v) is 14.7. The number of benzene rings is 3. The van der Waals surface area contributed by atoms with Crippen LogP contribution in [0.2, 0.25) is 18.1 Å². The summed E-state index contributed by atoms with van der Waals surface area (Å²) in [5.74, 6) is 0.524. The molecule has 2 bridgehead atoms. The number of nitrogens with zero attached hydrogens (tertiary/aromatic N) is 1. The van der Waals surface area contributed by atoms with Gasteiger partial charge in [-0.25, -0.2) is 8.42 Å². The largest absolute Gasteiger partial charge is 0.413 e. The molecule has 2 aliphatic rings. The molecule has 3 aromatic rings. The topological polar surface area (TPSA) is 55.7 Å². The predicted octanol–water partition coefficient (Wildman–Crippen LogP) is 8.68. The van der Waals surface area contributed by atoms with E-state index in [9.17, 15) is 8.42 Å². The second-order valence-corrected chi connectivity index (χ2v) is 24.5. The molecule has 2 aliphatic carbocycles. The molecule has 0 spiro atoms. The zero-order valence-corrected chi connectivity index (χ0v) is 29.3. The highest BCUT2D eigenvalue weighted by molar-refractivity contribution is 7.97. The lowest BCUT2D eigenvalue weighted by Crippen LogP contribution is -2.52. The number of sulfonamides is 1. The van der Waals surface area contributed by atoms with Crippen LogP contribution in [0, 0.1) is 16.7 Å². The average molecular weight is 622 g/mol. The minimum atomic E-state index is -3.81. The van der Waals surface area contributed by atoms with Crippen LogP contribution < -0.4 is 10.6 Å². The van der Waals surface area contributed by atoms with Gasteiger partial charge < -0.3 is 4.43 Å². The Morgan fingerprint density at radius 3 is 1.95 bits per heavy atom. The Labute approximate surface area is 255 Å². The van der Waals surface area contributed by atoms with E-state index in [-0.39, 0.29) is 22.3 Å². The lowest BCUT2D eigenvalue weighted by molar-refractivity contribution is 0.0237. The SMILES string of the molecule is CC1(C)[C@@H]2CC[C@@]1(CS(=O)(=O)N=P(C)(c1ccccc1)c1ccc(-c3ccccc3)cc1)[C@H](O[Si](C)(C)C(C)(C)C)C2. The summed E-state index contributed by atoms with van der Waals surface area (Å²) < 4.78 is 40.9. The Balaban J connectivity index is 1.57. The van der Waals surface area contributed by atoms with Crippen molar-refractivity contribution in [2.75, 3.05) is 12.4 Å². The zero-order chi connectivity index (χ0) is 30.6. The van der Waals surface area contributed by atoms with Gasteiger partial charge in [0.2, 0.25) is 0 Å². The molecule has 5 rings (SSSR count). The summed E-state index contributed by atoms with van der Waals surface area (Å²) in [5, 5.41) is 2.01. The molecule has 0 heterocycles. The first kappa shape index (κ1) is 31.4. The van der Waals surface area contributed by atoms with Crippen LogP contribution in [0.5, 0.6) is 0 Å². The van der Waals surface area contributed by atoms with Crippen LogP contribution in [-0.4, -0.2) is 35.3 Å². The summed E-state index contributed by atoms with van der Waals surface area (Å²) in [7, 11) is -8.52. The van der Waals surface area contributed by atoms with Crippen LogP contribution >= 0.6 is 7.05 Å². The molecule has 4 atom stereocenters. The van der Waals surface area contributed by atoms with E-state index >= 15 is 0 Å². The van der Waals surface area contributed by atoms with E-state index < -0.39 is 30.8 Å². The molecule has 1 unspecified atom stereocenters. The van der Waals surface area contributed by atoms with Gasteiger partial charge in [-0.1, -0.05) is 120 Å². The minimum Gasteiger partial charge on any atom is -0.413 e. The summed E-state index contributed by atoms with van der Waals surface area (Å²) in [6.45, 7) is 18.0. The van der Waals surface area contributed by atoms with Crippen molar-refractivity contribution in [3.8, 4) is 11.1 Å². The lowest BCUT2D eigenvalue weighted by Gasteiger charge is -2.47. The maximum atomic E-state index is 14.4. The predicted molar refractivity (Wildman–Crippen MR) is 182 cm³/mol. The summed E-state index contributed by atoms with van der Waals surface area (Å²) in [4.78, 5) is 0. The molecule has 4 nitrogen and oxygen atoms in total. The normalized spacial score (nSPS) is 25.2. The van der Waals surface area contributed by atoms with Crippen molar-refractivity contribution in [3.05, 3.63) is 84.9 Å². The molecule has 7 heteroatoms. The lowest BCUT2D eigenvalue weighted by atomic mass is 9.70. The first-order chi connectivity index (χ1) is 19.5. The van der Waals surface area contributed by atoms with Crippen molar-refractivity contribution >= 4 is 36.0 Å². The van der Waals surface area contributed by atoms with Crippen molar-refractivity contribution in [1.82, 2.24) is 0 Å². The first-order valence-corrected chi connectivity index (χ1v) is 21.9. The molecule has 2 saturated carbocycles. The highest BCUT2D eigenvalue weighted by Crippen LogP contribution is 2.68. The maximum absolute atomic E-state index is 14.4. The van der Waals surface area contributed by atoms with E-state index in [4.69, 9.17) is 8.58 Å². The summed E-state index contributed by atoms with van der Waals surface area (Å²) in [6, 6.07) is 28.6. The Morgan fingerprint density at radius 1 is 0.881 bits per heavy atom. The second kappa shape index (κ2) is 10.9. The molecule has 0 amide bonds. The molecule has 0 N–H and O–H groups in total. The van der Waals surface area contributed by atoms with Gasteiger partial charge in [0.25, 0.3) is 10.0 Å². The summed E-state index contributed by atoms with van der Waals surface area (Å²) >= 11 is 0. The molecule has 0 aromatic heterocycles. The van der Waals surface area contributed by atoms with Crippen LogP contribution in [0.1, 0.15) is 53.9 Å². The summed E-state index contributed by atoms with van der Waals surface area (Å²) in [6.07, 6.45) is 2.83. The van der Waals surface area contributed by atoms with Crippen LogP contribution in [0.4, 0.5) is 0 Å². The van der Waals surface area contributed by atoms with E-state index in [0.29, 0.717) is 5.92 Å². The van der Waals surface area contributed by atoms with Gasteiger partial charge in [-0.15, -0.1) is 0 Å². The molecule has 0 radical (unpaired) electrons. The fourth-order valence-electron chi connectivity index (χ4n) is 7.18. The van der Waals surface area contributed by atoms with Crippen LogP contribution in [0.15, 0.2) is 89.1 Å². The standard InChI is InChI=1S/C35H48NO3PSSi/c1-33(2,3)42(7,8)39-32-25-29-23-24-35(32,34(29,4)5)26-41(37,38)36-40(6,30-17-13-10-14-18-30)31-21-19-28(20-22-31)27-15-11-9-12-16-27/h9-22,29,32H,23-26H2,1-8H3/t29-,32-,35-,40?/m1/s1. The third-order valence-electron chi connectivity index (χ3n) is 11.1. The van der Waals surface area contributed by atoms with Gasteiger partial charge in [-0.05, 0) is 77.1 Å². The van der Waals surface area contributed by atoms with Gasteiger partial charge in [0.1, 0.15) is 0 Å². The Kier molecular flexibility index (Phi) is 8.14. The van der Waals surface area contributed by atoms with E-state index in [2.05, 4.69) is 90.8 Å². The molecule has 3 aromatic carbocycles. The van der Waals surface area contributed by atoms with Crippen LogP contribution in [0.25, 0.3) is 11.1 Å². The fraction of sp³-hybridized carbons (Fsp3) is 0.486. The molecular formula is C35H48NO3PSSi. The van der Waals surface area contributed by atoms with Crippen molar-refractivity contribution in [2.24, 2.45) is 20.9 Å². The highest BCUT2D eigenvalue weighted by Gasteiger charge is 2.66. The third kappa shape index (κ3) is 5.53. The smallest absolute Gasteiger partial charge is 0.253 e. The molecule has 2 fully saturated rings. The van der Waals surface area contributed by atoms with Gasteiger partial charge in [-0.3, -0.25) is 0 Å². The van der Waals surface area contributed by atoms with Crippen LogP contribution in [-0.2, 0) is 14.4 Å². The van der Waals surface area contributed by atoms with Gasteiger partial charge in [0, 0.05) is 12.5 Å². The van der Waals surface area contributed by atoms with E-state index in [1.807, 2.05) is 48.5 Å². The van der Waals surface area contributed by atoms with Crippen LogP contribution in [0.3, 0.4) is 0 Å². The zero-order valence-electron chi connectivity index (χ0n) is 26.6. The number of hydrogen-bond acceptors (Lipinski definition) is 3. The van der Waals surface area contributed by atoms with Gasteiger partial charge >= 0.3 is 0 Å². The molecular weight excluding hydrogens is 574 g/mol. The minimum absolute atomic E-state index is 0.0489. The molecule has 0 aliphatic heterocycles. The Morgan fingerprint density at radius 2 is 1.40 bits per heavy atom. The number of rotatable bonds is 8. The number of hydrogen-bond donors (Lipinski definition) is 0. The van der Waals surface area contributed by atoms with E-state index in [1.54, 1.807) is 0 Å². The molecule has 42 heavy (non-hydrogen) atoms. The third-order valence-corrected chi connectivity index (χ3v) is 21.3. The van der Waals surface area contributed by atoms with Gasteiger partial charge in [-0.2, -0.15) is 4.15 Å². The number of fused-ring (bicyclic) bond motifs is 2. The quantitative estimate of drug-likeness (QED) is 0.187. The van der Waals surface area contributed by atoms with Crippen molar-refractivity contribution in [3.63, 3.8) is 0 Å². The van der Waals surface area contributed by atoms with E-state index in [0.717, 1.165) is 41.0 Å². The monoisotopic (exact) mass is 621 g/mol. The summed E-state index contributed by atoms with van der Waals surface area (Å²) in [5.41, 5.74) is 1.69. The molecule has 0 saturated heterocycles. The van der Waals surface area contributed by atoms with Crippen molar-refractivity contribution in [1.29, 1.82) is 0 Å². The Hall–Kier alpha value is -1.98. The Bertz CT molecular complexity index is 1580. The average Bonchev–Trinajstić information content (AvgIpc) is 3.27. The van der Waals surface area contributed by atoms with Crippen molar-refractivity contribution < 1.29 is 12.8 Å². The highest BCUT2D eigenvalue weighted by atomic mass is 32.2. The van der Waals surface area contributed by atoms with E-state index in [1.165, 1.54) is 0 Å². The second-order valence-electron chi connectivity index (χ2n) is 14.7. The van der Waals surface area contributed by atoms with Gasteiger partial charge in [0.15, 0.2) is 8.32 Å². The molecule has 226 valence electrons. The first-order valence-electron chi connectivity index (χ1n) is 15.2. The maximum Gasteiger partial charge on any atom is 0.253 e. The van der Waals surface area contributed by atoms with Crippen molar-refractivity contribution in [2.45, 2.75) is 78.1 Å². The van der Waals surface area contributed by atoms with Gasteiger partial charge in [0.05, 0.1) is 11.9 Å².